The molecule has 7 heteroatoms. The number of hydrogen-bond acceptors (Lipinski definition) is 5. The Kier molecular flexibility index (Phi) is 3.14. The van der Waals surface area contributed by atoms with E-state index in [1.54, 1.807) is 6.07 Å². The quantitative estimate of drug-likeness (QED) is 0.743. The van der Waals surface area contributed by atoms with Gasteiger partial charge in [-0.25, -0.2) is 5.10 Å². The molecule has 1 aromatic heterocycles. The molecule has 0 fully saturated rings. The fraction of sp³-hybridized carbons (Fsp3) is 0.267. The van der Waals surface area contributed by atoms with E-state index in [9.17, 15) is 9.11 Å². The molecule has 0 bridgehead atoms. The fourth-order valence-electron chi connectivity index (χ4n) is 3.07. The van der Waals surface area contributed by atoms with Crippen molar-refractivity contribution in [3.8, 4) is 11.4 Å². The second-order valence-corrected chi connectivity index (χ2v) is 7.57. The normalized spacial score (nSPS) is 21.0. The van der Waals surface area contributed by atoms with Crippen LogP contribution in [0.3, 0.4) is 0 Å². The summed E-state index contributed by atoms with van der Waals surface area (Å²) < 4.78 is 21.8. The number of aromatic amines is 1. The van der Waals surface area contributed by atoms with Gasteiger partial charge in [0, 0.05) is 10.5 Å². The van der Waals surface area contributed by atoms with Gasteiger partial charge in [0.25, 0.3) is 0 Å². The summed E-state index contributed by atoms with van der Waals surface area (Å²) >= 11 is 0. The summed E-state index contributed by atoms with van der Waals surface area (Å²) in [6, 6.07) is 5.54. The van der Waals surface area contributed by atoms with Gasteiger partial charge in [-0.2, -0.15) is 0 Å². The average molecular weight is 316 g/mol. The van der Waals surface area contributed by atoms with Gasteiger partial charge in [0.1, 0.15) is 0 Å². The van der Waals surface area contributed by atoms with E-state index in [4.69, 9.17) is 0 Å². The van der Waals surface area contributed by atoms with Crippen molar-refractivity contribution in [3.05, 3.63) is 40.3 Å². The molecule has 0 spiro atoms. The molecule has 0 unspecified atom stereocenters. The average Bonchev–Trinajstić information content (AvgIpc) is 3.04. The van der Waals surface area contributed by atoms with Crippen molar-refractivity contribution in [2.24, 2.45) is 0 Å². The van der Waals surface area contributed by atoms with Gasteiger partial charge in [0.15, 0.2) is 5.82 Å². The van der Waals surface area contributed by atoms with Gasteiger partial charge in [-0.1, -0.05) is 24.3 Å². The van der Waals surface area contributed by atoms with E-state index >= 15 is 0 Å². The highest BCUT2D eigenvalue weighted by Crippen LogP contribution is 2.62. The Labute approximate surface area is 129 Å². The number of nitrogens with zero attached hydrogens (tertiary/aromatic N) is 3. The molecule has 1 aromatic carbocycles. The topological polar surface area (TPSA) is 94.9 Å². The largest absolute Gasteiger partial charge is 0.291 e. The molecular formula is C15H16N4O2S. The van der Waals surface area contributed by atoms with Gasteiger partial charge in [-0.15, -0.1) is 15.7 Å². The van der Waals surface area contributed by atoms with E-state index < -0.39 is 10.6 Å². The zero-order chi connectivity index (χ0) is 15.2. The number of tetrazole rings is 1. The summed E-state index contributed by atoms with van der Waals surface area (Å²) in [6.45, 7) is 0. The van der Waals surface area contributed by atoms with Crippen LogP contribution in [0, 0.1) is 0 Å². The van der Waals surface area contributed by atoms with E-state index in [-0.39, 0.29) is 0 Å². The monoisotopic (exact) mass is 316 g/mol. The molecule has 1 aliphatic carbocycles. The van der Waals surface area contributed by atoms with Gasteiger partial charge in [-0.3, -0.25) is 9.11 Å². The molecule has 2 aromatic rings. The predicted octanol–water partition coefficient (Wildman–Crippen LogP) is 3.83. The second-order valence-electron chi connectivity index (χ2n) is 5.54. The molecule has 1 aliphatic heterocycles. The van der Waals surface area contributed by atoms with E-state index in [1.807, 2.05) is 24.3 Å². The number of benzene rings is 1. The molecule has 0 saturated carbocycles. The summed E-state index contributed by atoms with van der Waals surface area (Å²) in [6.07, 6.45) is 7.77. The van der Waals surface area contributed by atoms with Crippen LogP contribution in [0.1, 0.15) is 31.2 Å². The third-order valence-electron chi connectivity index (χ3n) is 4.20. The van der Waals surface area contributed by atoms with Crippen LogP contribution in [-0.2, 0) is 0 Å². The first-order chi connectivity index (χ1) is 10.7. The summed E-state index contributed by atoms with van der Waals surface area (Å²) in [5.74, 6) is 0.518. The highest BCUT2D eigenvalue weighted by atomic mass is 32.3. The van der Waals surface area contributed by atoms with E-state index in [2.05, 4.69) is 20.6 Å². The van der Waals surface area contributed by atoms with Crippen molar-refractivity contribution >= 4 is 16.7 Å². The number of nitrogens with one attached hydrogen (secondary N) is 1. The molecule has 0 amide bonds. The maximum atomic E-state index is 10.9. The van der Waals surface area contributed by atoms with Gasteiger partial charge in [0.2, 0.25) is 0 Å². The lowest BCUT2D eigenvalue weighted by molar-refractivity contribution is 0.489. The van der Waals surface area contributed by atoms with Crippen molar-refractivity contribution in [1.82, 2.24) is 20.6 Å². The van der Waals surface area contributed by atoms with Crippen LogP contribution in [0.15, 0.2) is 39.6 Å². The van der Waals surface area contributed by atoms with Gasteiger partial charge in [0.05, 0.1) is 4.90 Å². The number of hydrogen-bond donors (Lipinski definition) is 3. The van der Waals surface area contributed by atoms with Crippen molar-refractivity contribution in [2.45, 2.75) is 30.6 Å². The second kappa shape index (κ2) is 5.05. The van der Waals surface area contributed by atoms with Crippen LogP contribution in [-0.4, -0.2) is 29.7 Å². The molecule has 6 nitrogen and oxygen atoms in total. The van der Waals surface area contributed by atoms with Gasteiger partial charge < -0.3 is 0 Å². The summed E-state index contributed by atoms with van der Waals surface area (Å²) in [5.41, 5.74) is 2.66. The Morgan fingerprint density at radius 1 is 1.09 bits per heavy atom. The Morgan fingerprint density at radius 2 is 1.95 bits per heavy atom. The van der Waals surface area contributed by atoms with Crippen molar-refractivity contribution in [3.63, 3.8) is 0 Å². The highest BCUT2D eigenvalue weighted by Gasteiger charge is 2.30. The number of H-pyrrole nitrogens is 1. The lowest BCUT2D eigenvalue weighted by Crippen LogP contribution is -2.08. The van der Waals surface area contributed by atoms with E-state index in [1.165, 1.54) is 0 Å². The van der Waals surface area contributed by atoms with Gasteiger partial charge >= 0.3 is 0 Å². The first kappa shape index (κ1) is 13.7. The first-order valence-electron chi connectivity index (χ1n) is 7.23. The SMILES string of the molecule is OS1(O)C2=C(C=Cc3ccc(-c4nnn[nH]4)cc31)CCCC2. The zero-order valence-electron chi connectivity index (χ0n) is 11.9. The Hall–Kier alpha value is -1.96. The minimum absolute atomic E-state index is 0.518. The number of aromatic nitrogens is 4. The Balaban J connectivity index is 1.89. The maximum absolute atomic E-state index is 10.9. The van der Waals surface area contributed by atoms with Crippen molar-refractivity contribution in [2.75, 3.05) is 0 Å². The standard InChI is InChI=1S/C15H16N4O2S/c20-22(21)13-4-2-1-3-10(13)5-6-11-7-8-12(9-14(11)22)15-16-18-19-17-15/h5-9,20-21H,1-4H2,(H,16,17,18,19). The molecule has 2 aliphatic rings. The van der Waals surface area contributed by atoms with E-state index in [0.29, 0.717) is 10.7 Å². The minimum Gasteiger partial charge on any atom is -0.291 e. The van der Waals surface area contributed by atoms with Crippen LogP contribution in [0.2, 0.25) is 0 Å². The molecule has 0 atom stereocenters. The third-order valence-corrected chi connectivity index (χ3v) is 6.33. The smallest absolute Gasteiger partial charge is 0.179 e. The molecule has 2 heterocycles. The number of fused-ring (bicyclic) bond motifs is 1. The third kappa shape index (κ3) is 2.09. The first-order valence-corrected chi connectivity index (χ1v) is 8.77. The van der Waals surface area contributed by atoms with Crippen LogP contribution < -0.4 is 0 Å². The fourth-order valence-corrected chi connectivity index (χ4v) is 5.06. The number of allylic oxidation sites excluding steroid dienone is 3. The molecule has 22 heavy (non-hydrogen) atoms. The van der Waals surface area contributed by atoms with Gasteiger partial charge in [-0.05, 0) is 53.3 Å². The van der Waals surface area contributed by atoms with Crippen LogP contribution >= 0.6 is 10.6 Å². The summed E-state index contributed by atoms with van der Waals surface area (Å²) in [4.78, 5) is 1.35. The zero-order valence-corrected chi connectivity index (χ0v) is 12.7. The van der Waals surface area contributed by atoms with Crippen molar-refractivity contribution < 1.29 is 9.11 Å². The molecular weight excluding hydrogens is 300 g/mol. The molecule has 0 saturated heterocycles. The minimum atomic E-state index is -2.96. The maximum Gasteiger partial charge on any atom is 0.179 e. The van der Waals surface area contributed by atoms with Crippen LogP contribution in [0.5, 0.6) is 0 Å². The molecule has 4 rings (SSSR count). The summed E-state index contributed by atoms with van der Waals surface area (Å²) in [5, 5.41) is 13.7. The predicted molar refractivity (Wildman–Crippen MR) is 85.3 cm³/mol. The Bertz CT molecular complexity index is 781. The van der Waals surface area contributed by atoms with Crippen LogP contribution in [0.25, 0.3) is 17.5 Å². The molecule has 0 radical (unpaired) electrons. The lowest BCUT2D eigenvalue weighted by atomic mass is 9.98. The lowest BCUT2D eigenvalue weighted by Gasteiger charge is -2.38. The highest BCUT2D eigenvalue weighted by molar-refractivity contribution is 8.27. The van der Waals surface area contributed by atoms with Crippen LogP contribution in [0.4, 0.5) is 0 Å². The molecule has 114 valence electrons. The molecule has 3 N–H and O–H groups in total. The summed E-state index contributed by atoms with van der Waals surface area (Å²) in [7, 11) is -2.96. The van der Waals surface area contributed by atoms with E-state index in [0.717, 1.165) is 47.3 Å². The van der Waals surface area contributed by atoms with Crippen molar-refractivity contribution in [1.29, 1.82) is 0 Å². The number of rotatable bonds is 1. The Morgan fingerprint density at radius 3 is 2.77 bits per heavy atom.